The van der Waals surface area contributed by atoms with Gasteiger partial charge in [0.15, 0.2) is 0 Å². The summed E-state index contributed by atoms with van der Waals surface area (Å²) in [5.41, 5.74) is -1.64. The highest BCUT2D eigenvalue weighted by Gasteiger charge is 2.50. The number of rotatable bonds is 5. The molecule has 0 aromatic heterocycles. The molecule has 0 heterocycles. The van der Waals surface area contributed by atoms with Crippen molar-refractivity contribution in [2.75, 3.05) is 12.8 Å². The number of sulfonamides is 1. The molecule has 0 radical (unpaired) electrons. The molecule has 0 aromatic rings. The number of nitrogens with zero attached hydrogens (tertiary/aromatic N) is 1. The molecule has 2 N–H and O–H groups in total. The molecule has 0 bridgehead atoms. The van der Waals surface area contributed by atoms with E-state index in [2.05, 4.69) is 10.0 Å². The molecular formula is C10H17N3O3S. The van der Waals surface area contributed by atoms with Crippen molar-refractivity contribution >= 4 is 15.9 Å². The van der Waals surface area contributed by atoms with Gasteiger partial charge in [0, 0.05) is 12.1 Å². The lowest BCUT2D eigenvalue weighted by Crippen LogP contribution is -2.51. The highest BCUT2D eigenvalue weighted by atomic mass is 32.2. The van der Waals surface area contributed by atoms with Gasteiger partial charge in [0.05, 0.1) is 12.3 Å². The molecule has 0 unspecified atom stereocenters. The Balaban J connectivity index is 2.51. The largest absolute Gasteiger partial charge is 0.353 e. The van der Waals surface area contributed by atoms with Crippen LogP contribution in [0.15, 0.2) is 0 Å². The maximum Gasteiger partial charge on any atom is 0.240 e. The Kier molecular flexibility index (Phi) is 3.50. The summed E-state index contributed by atoms with van der Waals surface area (Å²) in [6, 6.07) is 1.99. The number of nitriles is 1. The summed E-state index contributed by atoms with van der Waals surface area (Å²) in [5, 5.41) is 11.4. The maximum absolute atomic E-state index is 11.7. The molecule has 17 heavy (non-hydrogen) atoms. The summed E-state index contributed by atoms with van der Waals surface area (Å²) in [6.45, 7) is 3.49. The summed E-state index contributed by atoms with van der Waals surface area (Å²) < 4.78 is 24.6. The molecule has 7 heteroatoms. The van der Waals surface area contributed by atoms with Crippen molar-refractivity contribution in [3.05, 3.63) is 0 Å². The minimum atomic E-state index is -3.32. The second-order valence-corrected chi connectivity index (χ2v) is 6.88. The van der Waals surface area contributed by atoms with Crippen molar-refractivity contribution in [3.8, 4) is 6.07 Å². The van der Waals surface area contributed by atoms with Gasteiger partial charge >= 0.3 is 0 Å². The Morgan fingerprint density at radius 3 is 2.35 bits per heavy atom. The predicted octanol–water partition coefficient (Wildman–Crippen LogP) is -0.266. The van der Waals surface area contributed by atoms with Gasteiger partial charge < -0.3 is 5.32 Å². The molecule has 0 atom stereocenters. The van der Waals surface area contributed by atoms with Gasteiger partial charge in [0.1, 0.15) is 5.41 Å². The van der Waals surface area contributed by atoms with E-state index in [9.17, 15) is 13.2 Å². The van der Waals surface area contributed by atoms with E-state index in [1.807, 2.05) is 6.07 Å². The summed E-state index contributed by atoms with van der Waals surface area (Å²) in [4.78, 5) is 11.7. The van der Waals surface area contributed by atoms with Crippen LogP contribution >= 0.6 is 0 Å². The Labute approximate surface area is 101 Å². The van der Waals surface area contributed by atoms with Crippen molar-refractivity contribution in [1.82, 2.24) is 10.0 Å². The molecule has 1 aliphatic rings. The predicted molar refractivity (Wildman–Crippen MR) is 62.3 cm³/mol. The molecule has 6 nitrogen and oxygen atoms in total. The van der Waals surface area contributed by atoms with Crippen molar-refractivity contribution in [2.45, 2.75) is 32.2 Å². The zero-order valence-electron chi connectivity index (χ0n) is 10.2. The van der Waals surface area contributed by atoms with Gasteiger partial charge in [-0.15, -0.1) is 0 Å². The summed E-state index contributed by atoms with van der Waals surface area (Å²) in [6.07, 6.45) is 2.22. The number of carbonyl (C=O) groups is 1. The fraction of sp³-hybridized carbons (Fsp3) is 0.800. The molecule has 1 amide bonds. The third-order valence-electron chi connectivity index (χ3n) is 2.55. The van der Waals surface area contributed by atoms with E-state index in [0.29, 0.717) is 12.8 Å². The number of hydrogen-bond acceptors (Lipinski definition) is 4. The lowest BCUT2D eigenvalue weighted by molar-refractivity contribution is -0.124. The van der Waals surface area contributed by atoms with Gasteiger partial charge in [-0.1, -0.05) is 0 Å². The Morgan fingerprint density at radius 1 is 1.47 bits per heavy atom. The molecule has 1 saturated carbocycles. The first kappa shape index (κ1) is 13.9. The van der Waals surface area contributed by atoms with Crippen molar-refractivity contribution in [3.63, 3.8) is 0 Å². The quantitative estimate of drug-likeness (QED) is 0.710. The highest BCUT2D eigenvalue weighted by Crippen LogP contribution is 2.44. The van der Waals surface area contributed by atoms with Crippen LogP contribution in [-0.2, 0) is 14.8 Å². The maximum atomic E-state index is 11.7. The first-order valence-corrected chi connectivity index (χ1v) is 7.18. The Morgan fingerprint density at radius 2 is 2.00 bits per heavy atom. The van der Waals surface area contributed by atoms with Gasteiger partial charge in [0.25, 0.3) is 0 Å². The zero-order chi connectivity index (χ0) is 13.3. The number of carbonyl (C=O) groups excluding carboxylic acids is 1. The third-order valence-corrected chi connectivity index (χ3v) is 3.47. The molecule has 1 fully saturated rings. The molecule has 1 rings (SSSR count). The molecule has 0 spiro atoms. The van der Waals surface area contributed by atoms with E-state index in [1.54, 1.807) is 13.8 Å². The van der Waals surface area contributed by atoms with Gasteiger partial charge in [-0.25, -0.2) is 13.1 Å². The van der Waals surface area contributed by atoms with E-state index in [0.717, 1.165) is 6.26 Å². The van der Waals surface area contributed by atoms with Crippen molar-refractivity contribution < 1.29 is 13.2 Å². The van der Waals surface area contributed by atoms with Crippen LogP contribution in [0.3, 0.4) is 0 Å². The SMILES string of the molecule is CC(C)(CNC(=O)C1(C#N)CC1)NS(C)(=O)=O. The summed E-state index contributed by atoms with van der Waals surface area (Å²) in [7, 11) is -3.32. The molecule has 0 aliphatic heterocycles. The zero-order valence-corrected chi connectivity index (χ0v) is 11.0. The number of hydrogen-bond donors (Lipinski definition) is 2. The van der Waals surface area contributed by atoms with E-state index in [1.165, 1.54) is 0 Å². The van der Waals surface area contributed by atoms with E-state index in [-0.39, 0.29) is 12.5 Å². The molecule has 0 saturated heterocycles. The van der Waals surface area contributed by atoms with Crippen LogP contribution in [0.1, 0.15) is 26.7 Å². The van der Waals surface area contributed by atoms with Gasteiger partial charge in [-0.3, -0.25) is 4.79 Å². The monoisotopic (exact) mass is 259 g/mol. The van der Waals surface area contributed by atoms with Gasteiger partial charge in [-0.05, 0) is 26.7 Å². The summed E-state index contributed by atoms with van der Waals surface area (Å²) in [5.74, 6) is -0.316. The first-order valence-electron chi connectivity index (χ1n) is 5.29. The van der Waals surface area contributed by atoms with Gasteiger partial charge in [-0.2, -0.15) is 5.26 Å². The lowest BCUT2D eigenvalue weighted by atomic mass is 10.1. The Bertz CT molecular complexity index is 458. The fourth-order valence-corrected chi connectivity index (χ4v) is 2.60. The van der Waals surface area contributed by atoms with Crippen LogP contribution in [0.25, 0.3) is 0 Å². The van der Waals surface area contributed by atoms with Crippen LogP contribution in [0, 0.1) is 16.7 Å². The topological polar surface area (TPSA) is 99.1 Å². The average Bonchev–Trinajstić information content (AvgIpc) is 2.91. The molecule has 1 aliphatic carbocycles. The van der Waals surface area contributed by atoms with Crippen molar-refractivity contribution in [2.24, 2.45) is 5.41 Å². The van der Waals surface area contributed by atoms with Crippen LogP contribution in [-0.4, -0.2) is 32.7 Å². The summed E-state index contributed by atoms with van der Waals surface area (Å²) >= 11 is 0. The van der Waals surface area contributed by atoms with Gasteiger partial charge in [0.2, 0.25) is 15.9 Å². The van der Waals surface area contributed by atoms with E-state index < -0.39 is 21.0 Å². The van der Waals surface area contributed by atoms with E-state index in [4.69, 9.17) is 5.26 Å². The smallest absolute Gasteiger partial charge is 0.240 e. The second-order valence-electron chi connectivity index (χ2n) is 5.13. The minimum Gasteiger partial charge on any atom is -0.353 e. The van der Waals surface area contributed by atoms with E-state index >= 15 is 0 Å². The van der Waals surface area contributed by atoms with Crippen molar-refractivity contribution in [1.29, 1.82) is 5.26 Å². The fourth-order valence-electron chi connectivity index (χ4n) is 1.52. The van der Waals surface area contributed by atoms with Crippen LogP contribution < -0.4 is 10.0 Å². The lowest BCUT2D eigenvalue weighted by Gasteiger charge is -2.25. The number of nitrogens with one attached hydrogen (secondary N) is 2. The van der Waals surface area contributed by atoms with Crippen LogP contribution in [0.5, 0.6) is 0 Å². The minimum absolute atomic E-state index is 0.155. The van der Waals surface area contributed by atoms with Crippen LogP contribution in [0.2, 0.25) is 0 Å². The second kappa shape index (κ2) is 4.27. The normalized spacial score (nSPS) is 18.2. The first-order chi connectivity index (χ1) is 7.60. The molecular weight excluding hydrogens is 242 g/mol. The third kappa shape index (κ3) is 3.98. The number of amides is 1. The molecule has 96 valence electrons. The molecule has 0 aromatic carbocycles. The Hall–Kier alpha value is -1.13. The standard InChI is InChI=1S/C10H17N3O3S/c1-9(2,13-17(3,15)16)7-12-8(14)10(6-11)4-5-10/h13H,4-5,7H2,1-3H3,(H,12,14). The highest BCUT2D eigenvalue weighted by molar-refractivity contribution is 7.88. The van der Waals surface area contributed by atoms with Crippen LogP contribution in [0.4, 0.5) is 0 Å². The average molecular weight is 259 g/mol.